The summed E-state index contributed by atoms with van der Waals surface area (Å²) in [5.74, 6) is -1.27. The van der Waals surface area contributed by atoms with Crippen LogP contribution in [0.15, 0.2) is 0 Å². The van der Waals surface area contributed by atoms with E-state index in [1.165, 1.54) is 4.90 Å². The summed E-state index contributed by atoms with van der Waals surface area (Å²) in [6, 6.07) is -0.841. The Morgan fingerprint density at radius 1 is 1.47 bits per heavy atom. The molecule has 0 spiro atoms. The topological polar surface area (TPSA) is 98.7 Å². The molecule has 1 fully saturated rings. The number of carboxylic acid groups (broad SMARTS) is 1. The molecule has 7 nitrogen and oxygen atoms in total. The Kier molecular flexibility index (Phi) is 5.29. The van der Waals surface area contributed by atoms with Crippen LogP contribution in [0.2, 0.25) is 0 Å². The van der Waals surface area contributed by atoms with E-state index in [1.807, 2.05) is 20.8 Å². The number of rotatable bonds is 5. The van der Waals surface area contributed by atoms with Gasteiger partial charge in [-0.15, -0.1) is 0 Å². The highest BCUT2D eigenvalue weighted by molar-refractivity contribution is 5.85. The van der Waals surface area contributed by atoms with Gasteiger partial charge in [-0.05, 0) is 12.8 Å². The van der Waals surface area contributed by atoms with Gasteiger partial charge in [0, 0.05) is 12.6 Å². The zero-order valence-corrected chi connectivity index (χ0v) is 11.5. The summed E-state index contributed by atoms with van der Waals surface area (Å²) in [5.41, 5.74) is 0. The lowest BCUT2D eigenvalue weighted by Gasteiger charge is -2.32. The first-order valence-corrected chi connectivity index (χ1v) is 6.34. The zero-order chi connectivity index (χ0) is 14.6. The SMILES string of the molecule is CC(C)C(C)NC(=O)CN1CC(=O)NCC1C(=O)O. The van der Waals surface area contributed by atoms with E-state index in [1.54, 1.807) is 0 Å². The summed E-state index contributed by atoms with van der Waals surface area (Å²) in [5, 5.41) is 14.3. The van der Waals surface area contributed by atoms with Crippen molar-refractivity contribution >= 4 is 17.8 Å². The summed E-state index contributed by atoms with van der Waals surface area (Å²) in [6.45, 7) is 5.74. The summed E-state index contributed by atoms with van der Waals surface area (Å²) in [7, 11) is 0. The molecular weight excluding hydrogens is 250 g/mol. The smallest absolute Gasteiger partial charge is 0.322 e. The second-order valence-corrected chi connectivity index (χ2v) is 5.16. The standard InChI is InChI=1S/C12H21N3O4/c1-7(2)8(3)14-11(17)6-15-5-10(16)13-4-9(15)12(18)19/h7-9H,4-6H2,1-3H3,(H,13,16)(H,14,17)(H,18,19). The molecule has 0 aromatic heterocycles. The Bertz CT molecular complexity index is 370. The van der Waals surface area contributed by atoms with Crippen molar-refractivity contribution in [3.05, 3.63) is 0 Å². The van der Waals surface area contributed by atoms with Crippen LogP contribution in [-0.4, -0.2) is 59.5 Å². The number of nitrogens with one attached hydrogen (secondary N) is 2. The number of carboxylic acids is 1. The molecule has 1 heterocycles. The number of nitrogens with zero attached hydrogens (tertiary/aromatic N) is 1. The number of piperazine rings is 1. The van der Waals surface area contributed by atoms with Crippen molar-refractivity contribution < 1.29 is 19.5 Å². The lowest BCUT2D eigenvalue weighted by atomic mass is 10.1. The maximum atomic E-state index is 11.8. The van der Waals surface area contributed by atoms with Crippen molar-refractivity contribution in [3.8, 4) is 0 Å². The van der Waals surface area contributed by atoms with Gasteiger partial charge in [0.1, 0.15) is 6.04 Å². The van der Waals surface area contributed by atoms with E-state index >= 15 is 0 Å². The highest BCUT2D eigenvalue weighted by Crippen LogP contribution is 2.05. The van der Waals surface area contributed by atoms with Gasteiger partial charge >= 0.3 is 5.97 Å². The van der Waals surface area contributed by atoms with Crippen molar-refractivity contribution in [3.63, 3.8) is 0 Å². The van der Waals surface area contributed by atoms with E-state index in [0.29, 0.717) is 5.92 Å². The van der Waals surface area contributed by atoms with Crippen molar-refractivity contribution in [1.82, 2.24) is 15.5 Å². The molecule has 0 saturated carbocycles. The number of carbonyl (C=O) groups excluding carboxylic acids is 2. The predicted octanol–water partition coefficient (Wildman–Crippen LogP) is -0.968. The minimum atomic E-state index is -1.04. The van der Waals surface area contributed by atoms with Crippen LogP contribution in [0.25, 0.3) is 0 Å². The quantitative estimate of drug-likeness (QED) is 0.597. The lowest BCUT2D eigenvalue weighted by molar-refractivity contribution is -0.146. The minimum Gasteiger partial charge on any atom is -0.480 e. The van der Waals surface area contributed by atoms with Crippen LogP contribution >= 0.6 is 0 Å². The van der Waals surface area contributed by atoms with Crippen molar-refractivity contribution in [2.24, 2.45) is 5.92 Å². The number of hydrogen-bond donors (Lipinski definition) is 3. The van der Waals surface area contributed by atoms with E-state index in [0.717, 1.165) is 0 Å². The fourth-order valence-corrected chi connectivity index (χ4v) is 1.75. The first-order valence-electron chi connectivity index (χ1n) is 6.34. The molecule has 108 valence electrons. The number of hydrogen-bond acceptors (Lipinski definition) is 4. The van der Waals surface area contributed by atoms with Crippen LogP contribution in [0.3, 0.4) is 0 Å². The number of aliphatic carboxylic acids is 1. The summed E-state index contributed by atoms with van der Waals surface area (Å²) in [6.07, 6.45) is 0. The van der Waals surface area contributed by atoms with Crippen LogP contribution < -0.4 is 10.6 Å². The highest BCUT2D eigenvalue weighted by atomic mass is 16.4. The molecule has 0 bridgehead atoms. The van der Waals surface area contributed by atoms with Gasteiger partial charge in [-0.25, -0.2) is 0 Å². The molecule has 7 heteroatoms. The first-order chi connectivity index (χ1) is 8.81. The van der Waals surface area contributed by atoms with Gasteiger partial charge in [0.25, 0.3) is 0 Å². The lowest BCUT2D eigenvalue weighted by Crippen LogP contribution is -2.59. The Morgan fingerprint density at radius 2 is 2.11 bits per heavy atom. The average Bonchev–Trinajstić information content (AvgIpc) is 2.27. The third kappa shape index (κ3) is 4.51. The molecule has 1 aliphatic heterocycles. The van der Waals surface area contributed by atoms with Crippen LogP contribution in [0.4, 0.5) is 0 Å². The van der Waals surface area contributed by atoms with Gasteiger partial charge in [0.2, 0.25) is 11.8 Å². The molecule has 0 radical (unpaired) electrons. The summed E-state index contributed by atoms with van der Waals surface area (Å²) in [4.78, 5) is 35.5. The molecule has 0 aromatic carbocycles. The Labute approximate surface area is 112 Å². The number of amides is 2. The largest absolute Gasteiger partial charge is 0.480 e. The molecule has 2 amide bonds. The molecule has 1 rings (SSSR count). The van der Waals surface area contributed by atoms with E-state index in [2.05, 4.69) is 10.6 Å². The zero-order valence-electron chi connectivity index (χ0n) is 11.5. The van der Waals surface area contributed by atoms with Crippen LogP contribution in [0, 0.1) is 5.92 Å². The molecule has 3 N–H and O–H groups in total. The van der Waals surface area contributed by atoms with Gasteiger partial charge in [-0.1, -0.05) is 13.8 Å². The maximum Gasteiger partial charge on any atom is 0.322 e. The second kappa shape index (κ2) is 6.51. The first kappa shape index (κ1) is 15.4. The van der Waals surface area contributed by atoms with E-state index < -0.39 is 12.0 Å². The van der Waals surface area contributed by atoms with Crippen molar-refractivity contribution in [1.29, 1.82) is 0 Å². The monoisotopic (exact) mass is 271 g/mol. The van der Waals surface area contributed by atoms with Gasteiger partial charge in [-0.3, -0.25) is 19.3 Å². The van der Waals surface area contributed by atoms with Crippen LogP contribution in [0.1, 0.15) is 20.8 Å². The van der Waals surface area contributed by atoms with E-state index in [-0.39, 0.29) is 37.5 Å². The Hall–Kier alpha value is -1.63. The Morgan fingerprint density at radius 3 is 2.63 bits per heavy atom. The van der Waals surface area contributed by atoms with E-state index in [9.17, 15) is 14.4 Å². The van der Waals surface area contributed by atoms with Gasteiger partial charge in [0.05, 0.1) is 13.1 Å². The van der Waals surface area contributed by atoms with Crippen LogP contribution in [0.5, 0.6) is 0 Å². The van der Waals surface area contributed by atoms with Gasteiger partial charge < -0.3 is 15.7 Å². The normalized spacial score (nSPS) is 21.9. The summed E-state index contributed by atoms with van der Waals surface area (Å²) >= 11 is 0. The molecule has 1 aliphatic rings. The summed E-state index contributed by atoms with van der Waals surface area (Å²) < 4.78 is 0. The Balaban J connectivity index is 2.58. The van der Waals surface area contributed by atoms with Gasteiger partial charge in [-0.2, -0.15) is 0 Å². The fraction of sp³-hybridized carbons (Fsp3) is 0.750. The molecule has 0 aromatic rings. The molecule has 2 atom stereocenters. The van der Waals surface area contributed by atoms with E-state index in [4.69, 9.17) is 5.11 Å². The third-order valence-corrected chi connectivity index (χ3v) is 3.30. The molecule has 2 unspecified atom stereocenters. The highest BCUT2D eigenvalue weighted by Gasteiger charge is 2.33. The van der Waals surface area contributed by atoms with Crippen molar-refractivity contribution in [2.75, 3.05) is 19.6 Å². The predicted molar refractivity (Wildman–Crippen MR) is 68.4 cm³/mol. The fourth-order valence-electron chi connectivity index (χ4n) is 1.75. The maximum absolute atomic E-state index is 11.8. The second-order valence-electron chi connectivity index (χ2n) is 5.16. The molecule has 1 saturated heterocycles. The number of carbonyl (C=O) groups is 3. The molecule has 0 aliphatic carbocycles. The third-order valence-electron chi connectivity index (χ3n) is 3.30. The average molecular weight is 271 g/mol. The minimum absolute atomic E-state index is 0.00870. The van der Waals surface area contributed by atoms with Crippen LogP contribution in [-0.2, 0) is 14.4 Å². The molecule has 19 heavy (non-hydrogen) atoms. The molecular formula is C12H21N3O4. The van der Waals surface area contributed by atoms with Gasteiger partial charge in [0.15, 0.2) is 0 Å². The van der Waals surface area contributed by atoms with Crippen molar-refractivity contribution in [2.45, 2.75) is 32.9 Å².